The summed E-state index contributed by atoms with van der Waals surface area (Å²) in [5, 5.41) is 2.72. The number of carbonyl (C=O) groups is 3. The number of nitrogens with one attached hydrogen (secondary N) is 3. The highest BCUT2D eigenvalue weighted by molar-refractivity contribution is 5.87. The molecule has 0 spiro atoms. The van der Waals surface area contributed by atoms with Crippen LogP contribution in [-0.2, 0) is 19.1 Å². The summed E-state index contributed by atoms with van der Waals surface area (Å²) >= 11 is 0. The number of alkyl carbamates (subject to hydrolysis) is 1. The molecule has 3 atom stereocenters. The maximum Gasteiger partial charge on any atom is 0.407 e. The van der Waals surface area contributed by atoms with Crippen molar-refractivity contribution >= 4 is 17.9 Å². The third-order valence-electron chi connectivity index (χ3n) is 11.0. The minimum atomic E-state index is -0.866. The predicted molar refractivity (Wildman–Crippen MR) is 203 cm³/mol. The predicted octanol–water partition coefficient (Wildman–Crippen LogP) is 6.98. The first-order valence-corrected chi connectivity index (χ1v) is 18.9. The molecule has 12 heteroatoms. The molecule has 3 aliphatic heterocycles. The second kappa shape index (κ2) is 15.7. The van der Waals surface area contributed by atoms with Crippen molar-refractivity contribution in [3.8, 4) is 33.6 Å². The number of likely N-dealkylation sites (tertiary alicyclic amines) is 2. The lowest BCUT2D eigenvalue weighted by Gasteiger charge is -2.29. The Morgan fingerprint density at radius 1 is 0.722 bits per heavy atom. The molecule has 3 amide bonds. The van der Waals surface area contributed by atoms with E-state index in [1.807, 2.05) is 47.6 Å². The van der Waals surface area contributed by atoms with Crippen LogP contribution in [0.2, 0.25) is 0 Å². The van der Waals surface area contributed by atoms with E-state index in [2.05, 4.69) is 63.8 Å². The van der Waals surface area contributed by atoms with Crippen LogP contribution in [0.4, 0.5) is 4.79 Å². The van der Waals surface area contributed by atoms with Crippen molar-refractivity contribution in [2.45, 2.75) is 56.7 Å². The first-order chi connectivity index (χ1) is 26.5. The summed E-state index contributed by atoms with van der Waals surface area (Å²) in [7, 11) is 1.29. The fourth-order valence-electron chi connectivity index (χ4n) is 8.07. The van der Waals surface area contributed by atoms with Gasteiger partial charge in [0.05, 0.1) is 43.0 Å². The van der Waals surface area contributed by atoms with E-state index in [-0.39, 0.29) is 29.8 Å². The van der Waals surface area contributed by atoms with E-state index >= 15 is 0 Å². The van der Waals surface area contributed by atoms with Gasteiger partial charge in [-0.2, -0.15) is 0 Å². The molecule has 3 aromatic carbocycles. The molecule has 5 aromatic rings. The SMILES string of the molecule is COC(=O)N[C@@H](C(=O)N1CCC[C@H]1c1ncc(-c2ccc(-c3ccc(-c4cnc([C@@H]5CCCN5C(=O)C5CCOCC5)[nH]4)cc3)cc2)[nH]1)c1ccccc1. The average molecular weight is 728 g/mol. The van der Waals surface area contributed by atoms with E-state index in [0.717, 1.165) is 84.5 Å². The first-order valence-electron chi connectivity index (χ1n) is 18.9. The molecule has 0 unspecified atom stereocenters. The fourth-order valence-corrected chi connectivity index (χ4v) is 8.07. The van der Waals surface area contributed by atoms with Gasteiger partial charge in [0.2, 0.25) is 5.91 Å². The highest BCUT2D eigenvalue weighted by Crippen LogP contribution is 2.36. The van der Waals surface area contributed by atoms with Crippen LogP contribution in [0.1, 0.15) is 73.9 Å². The average Bonchev–Trinajstić information content (AvgIpc) is 4.07. The lowest BCUT2D eigenvalue weighted by atomic mass is 9.98. The second-order valence-electron chi connectivity index (χ2n) is 14.3. The Kier molecular flexibility index (Phi) is 10.3. The Balaban J connectivity index is 0.924. The summed E-state index contributed by atoms with van der Waals surface area (Å²) in [5.41, 5.74) is 6.69. The molecule has 0 aliphatic carbocycles. The van der Waals surface area contributed by atoms with Crippen molar-refractivity contribution < 1.29 is 23.9 Å². The van der Waals surface area contributed by atoms with Crippen LogP contribution in [-0.4, -0.2) is 81.1 Å². The van der Waals surface area contributed by atoms with Crippen LogP contribution >= 0.6 is 0 Å². The number of aromatic amines is 2. The van der Waals surface area contributed by atoms with E-state index in [1.54, 1.807) is 4.90 Å². The minimum Gasteiger partial charge on any atom is -0.453 e. The Morgan fingerprint density at radius 3 is 1.80 bits per heavy atom. The molecule has 3 fully saturated rings. The molecule has 3 saturated heterocycles. The van der Waals surface area contributed by atoms with Crippen molar-refractivity contribution in [3.63, 3.8) is 0 Å². The molecule has 2 aromatic heterocycles. The Hall–Kier alpha value is -5.75. The van der Waals surface area contributed by atoms with E-state index in [1.165, 1.54) is 7.11 Å². The summed E-state index contributed by atoms with van der Waals surface area (Å²) in [6.45, 7) is 2.66. The van der Waals surface area contributed by atoms with E-state index in [9.17, 15) is 14.4 Å². The number of hydrogen-bond donors (Lipinski definition) is 3. The summed E-state index contributed by atoms with van der Waals surface area (Å²) in [6, 6.07) is 24.8. The molecule has 8 rings (SSSR count). The topological polar surface area (TPSA) is 146 Å². The van der Waals surface area contributed by atoms with Crippen LogP contribution in [0.3, 0.4) is 0 Å². The molecule has 54 heavy (non-hydrogen) atoms. The molecular weight excluding hydrogens is 683 g/mol. The molecule has 278 valence electrons. The molecule has 3 N–H and O–H groups in total. The fraction of sp³-hybridized carbons (Fsp3) is 0.357. The second-order valence-corrected chi connectivity index (χ2v) is 14.3. The van der Waals surface area contributed by atoms with Crippen LogP contribution in [0.15, 0.2) is 91.3 Å². The van der Waals surface area contributed by atoms with Crippen molar-refractivity contribution in [3.05, 3.63) is 108 Å². The maximum atomic E-state index is 13.9. The van der Waals surface area contributed by atoms with Gasteiger partial charge in [-0.05, 0) is 66.3 Å². The number of nitrogens with zero attached hydrogens (tertiary/aromatic N) is 4. The number of imidazole rings is 2. The van der Waals surface area contributed by atoms with Crippen molar-refractivity contribution in [2.75, 3.05) is 33.4 Å². The molecule has 12 nitrogen and oxygen atoms in total. The van der Waals surface area contributed by atoms with Gasteiger partial charge in [0, 0.05) is 32.2 Å². The van der Waals surface area contributed by atoms with Crippen LogP contribution in [0.5, 0.6) is 0 Å². The van der Waals surface area contributed by atoms with Gasteiger partial charge in [0.15, 0.2) is 0 Å². The third-order valence-corrected chi connectivity index (χ3v) is 11.0. The summed E-state index contributed by atoms with van der Waals surface area (Å²) in [5.74, 6) is 1.65. The van der Waals surface area contributed by atoms with E-state index in [0.29, 0.717) is 31.1 Å². The molecule has 5 heterocycles. The van der Waals surface area contributed by atoms with Crippen LogP contribution < -0.4 is 5.32 Å². The first kappa shape index (κ1) is 35.3. The van der Waals surface area contributed by atoms with Gasteiger partial charge in [-0.3, -0.25) is 9.59 Å². The highest BCUT2D eigenvalue weighted by atomic mass is 16.5. The zero-order chi connectivity index (χ0) is 37.0. The van der Waals surface area contributed by atoms with E-state index in [4.69, 9.17) is 19.4 Å². The number of aromatic nitrogens is 4. The minimum absolute atomic E-state index is 0.0141. The Morgan fingerprint density at radius 2 is 1.24 bits per heavy atom. The lowest BCUT2D eigenvalue weighted by Crippen LogP contribution is -2.42. The smallest absolute Gasteiger partial charge is 0.407 e. The van der Waals surface area contributed by atoms with Gasteiger partial charge >= 0.3 is 6.09 Å². The number of rotatable bonds is 9. The van der Waals surface area contributed by atoms with Gasteiger partial charge in [0.1, 0.15) is 17.7 Å². The number of carbonyl (C=O) groups excluding carboxylic acids is 3. The van der Waals surface area contributed by atoms with Gasteiger partial charge in [-0.25, -0.2) is 14.8 Å². The number of H-pyrrole nitrogens is 2. The molecular formula is C42H45N7O5. The molecule has 0 radical (unpaired) electrons. The largest absolute Gasteiger partial charge is 0.453 e. The normalized spacial score (nSPS) is 19.5. The Labute approximate surface area is 314 Å². The summed E-state index contributed by atoms with van der Waals surface area (Å²) < 4.78 is 10.3. The van der Waals surface area contributed by atoms with Gasteiger partial charge in [-0.1, -0.05) is 78.9 Å². The van der Waals surface area contributed by atoms with E-state index < -0.39 is 12.1 Å². The summed E-state index contributed by atoms with van der Waals surface area (Å²) in [6.07, 6.45) is 8.11. The monoisotopic (exact) mass is 727 g/mol. The van der Waals surface area contributed by atoms with Crippen LogP contribution in [0.25, 0.3) is 33.6 Å². The van der Waals surface area contributed by atoms with Gasteiger partial charge < -0.3 is 34.6 Å². The number of benzene rings is 3. The number of ether oxygens (including phenoxy) is 2. The quantitative estimate of drug-likeness (QED) is 0.149. The Bertz CT molecular complexity index is 2070. The summed E-state index contributed by atoms with van der Waals surface area (Å²) in [4.78, 5) is 59.6. The lowest BCUT2D eigenvalue weighted by molar-refractivity contribution is -0.139. The number of amides is 3. The number of methoxy groups -OCH3 is 1. The number of hydrogen-bond acceptors (Lipinski definition) is 7. The standard InChI is InChI=1S/C42H45N7O5/c1-53-42(52)47-37(31-7-3-2-4-8-31)41(51)49-22-6-10-36(49)39-44-26-34(46-39)30-17-13-28(14-18-30)27-11-15-29(16-12-27)33-25-43-38(45-33)35-9-5-21-48(35)40(50)32-19-23-54-24-20-32/h2-4,7-8,11-18,25-26,32,35-37H,5-6,9-10,19-24H2,1H3,(H,43,45)(H,44,46)(H,47,52)/t35-,36-,37+/m0/s1. The molecule has 3 aliphatic rings. The highest BCUT2D eigenvalue weighted by Gasteiger charge is 2.38. The maximum absolute atomic E-state index is 13.9. The van der Waals surface area contributed by atoms with Gasteiger partial charge in [-0.15, -0.1) is 0 Å². The van der Waals surface area contributed by atoms with Gasteiger partial charge in [0.25, 0.3) is 5.91 Å². The molecule has 0 saturated carbocycles. The molecule has 0 bridgehead atoms. The zero-order valence-corrected chi connectivity index (χ0v) is 30.4. The van der Waals surface area contributed by atoms with Crippen molar-refractivity contribution in [2.24, 2.45) is 5.92 Å². The third kappa shape index (κ3) is 7.25. The van der Waals surface area contributed by atoms with Crippen molar-refractivity contribution in [1.29, 1.82) is 0 Å². The van der Waals surface area contributed by atoms with Crippen LogP contribution in [0, 0.1) is 5.92 Å². The van der Waals surface area contributed by atoms with Crippen molar-refractivity contribution in [1.82, 2.24) is 35.1 Å². The zero-order valence-electron chi connectivity index (χ0n) is 30.4.